The van der Waals surface area contributed by atoms with Gasteiger partial charge in [-0.2, -0.15) is 0 Å². The van der Waals surface area contributed by atoms with Crippen molar-refractivity contribution in [2.24, 2.45) is 0 Å². The Bertz CT molecular complexity index is 1160. The summed E-state index contributed by atoms with van der Waals surface area (Å²) in [5, 5.41) is 4.93. The number of H-pyrrole nitrogens is 1. The Hall–Kier alpha value is -3.19. The summed E-state index contributed by atoms with van der Waals surface area (Å²) in [6, 6.07) is 15.1. The number of nitrogens with one attached hydrogen (secondary N) is 2. The van der Waals surface area contributed by atoms with Crippen LogP contribution in [0.1, 0.15) is 52.0 Å². The highest BCUT2D eigenvalue weighted by atomic mass is 32.1. The minimum atomic E-state index is -0.367. The molecule has 5 rings (SSSR count). The highest BCUT2D eigenvalue weighted by Crippen LogP contribution is 2.30. The van der Waals surface area contributed by atoms with E-state index in [2.05, 4.69) is 10.3 Å². The predicted molar refractivity (Wildman–Crippen MR) is 120 cm³/mol. The first kappa shape index (κ1) is 19.8. The Morgan fingerprint density at radius 3 is 2.42 bits per heavy atom. The maximum absolute atomic E-state index is 13.2. The molecule has 2 amide bonds. The molecule has 2 saturated carbocycles. The zero-order valence-electron chi connectivity index (χ0n) is 17.0. The lowest BCUT2D eigenvalue weighted by atomic mass is 10.1. The average Bonchev–Trinajstić information content (AvgIpc) is 3.71. The van der Waals surface area contributed by atoms with E-state index >= 15 is 0 Å². The fourth-order valence-corrected chi connectivity index (χ4v) is 4.29. The van der Waals surface area contributed by atoms with Gasteiger partial charge in [-0.05, 0) is 67.0 Å². The number of aromatic amines is 1. The molecule has 158 valence electrons. The molecule has 0 bridgehead atoms. The number of nitrogens with zero attached hydrogens (tertiary/aromatic N) is 1. The average molecular weight is 434 g/mol. The van der Waals surface area contributed by atoms with Gasteiger partial charge in [0.15, 0.2) is 0 Å². The molecule has 2 aliphatic carbocycles. The molecule has 0 saturated heterocycles. The normalized spacial score (nSPS) is 15.5. The lowest BCUT2D eigenvalue weighted by Gasteiger charge is -2.22. The molecule has 0 aliphatic heterocycles. The SMILES string of the molecule is O=C(NC1CC1)c1ccc(CN(C(=O)c2ccc(-c3cccs3)[nH]c2=O)C2CC2)cc1. The van der Waals surface area contributed by atoms with Gasteiger partial charge in [-0.25, -0.2) is 0 Å². The number of carbonyl (C=O) groups excluding carboxylic acids is 2. The van der Waals surface area contributed by atoms with E-state index in [9.17, 15) is 14.4 Å². The van der Waals surface area contributed by atoms with Crippen LogP contribution in [0.3, 0.4) is 0 Å². The molecule has 0 spiro atoms. The van der Waals surface area contributed by atoms with Crippen LogP contribution in [-0.4, -0.2) is 33.8 Å². The predicted octanol–water partition coefficient (Wildman–Crippen LogP) is 3.80. The van der Waals surface area contributed by atoms with Crippen LogP contribution in [0.4, 0.5) is 0 Å². The molecular weight excluding hydrogens is 410 g/mol. The standard InChI is InChI=1S/C24H23N3O3S/c28-22(25-17-7-8-17)16-5-3-15(4-6-16)14-27(18-9-10-18)24(30)19-11-12-20(26-23(19)29)21-2-1-13-31-21/h1-6,11-13,17-18H,7-10,14H2,(H,25,28)(H,26,29). The van der Waals surface area contributed by atoms with E-state index in [0.29, 0.717) is 18.2 Å². The van der Waals surface area contributed by atoms with Crippen LogP contribution in [0.2, 0.25) is 0 Å². The minimum absolute atomic E-state index is 0.0541. The highest BCUT2D eigenvalue weighted by molar-refractivity contribution is 7.13. The van der Waals surface area contributed by atoms with Crippen molar-refractivity contribution in [1.82, 2.24) is 15.2 Å². The number of aromatic nitrogens is 1. The van der Waals surface area contributed by atoms with E-state index in [1.54, 1.807) is 29.2 Å². The summed E-state index contributed by atoms with van der Waals surface area (Å²) < 4.78 is 0. The van der Waals surface area contributed by atoms with Gasteiger partial charge in [0.05, 0.1) is 10.6 Å². The molecular formula is C24H23N3O3S. The van der Waals surface area contributed by atoms with Crippen molar-refractivity contribution in [3.63, 3.8) is 0 Å². The molecule has 2 aliphatic rings. The van der Waals surface area contributed by atoms with Gasteiger partial charge in [0.2, 0.25) is 0 Å². The molecule has 3 aromatic rings. The molecule has 6 nitrogen and oxygen atoms in total. The second-order valence-corrected chi connectivity index (χ2v) is 9.15. The zero-order chi connectivity index (χ0) is 21.4. The largest absolute Gasteiger partial charge is 0.349 e. The third-order valence-corrected chi connectivity index (χ3v) is 6.56. The van der Waals surface area contributed by atoms with Gasteiger partial charge < -0.3 is 15.2 Å². The van der Waals surface area contributed by atoms with Crippen molar-refractivity contribution in [3.05, 3.63) is 81.0 Å². The summed E-state index contributed by atoms with van der Waals surface area (Å²) in [4.78, 5) is 43.6. The van der Waals surface area contributed by atoms with Gasteiger partial charge in [0.25, 0.3) is 17.4 Å². The van der Waals surface area contributed by atoms with Crippen LogP contribution in [0.15, 0.2) is 58.7 Å². The number of carbonyl (C=O) groups is 2. The number of rotatable bonds is 7. The molecule has 2 heterocycles. The molecule has 0 atom stereocenters. The Morgan fingerprint density at radius 1 is 1.03 bits per heavy atom. The van der Waals surface area contributed by atoms with E-state index in [1.807, 2.05) is 29.6 Å². The molecule has 2 aromatic heterocycles. The smallest absolute Gasteiger partial charge is 0.261 e. The zero-order valence-corrected chi connectivity index (χ0v) is 17.8. The van der Waals surface area contributed by atoms with E-state index in [4.69, 9.17) is 0 Å². The van der Waals surface area contributed by atoms with Crippen LogP contribution < -0.4 is 10.9 Å². The van der Waals surface area contributed by atoms with Gasteiger partial charge in [-0.15, -0.1) is 11.3 Å². The lowest BCUT2D eigenvalue weighted by Crippen LogP contribution is -2.36. The molecule has 31 heavy (non-hydrogen) atoms. The Labute approximate surface area is 183 Å². The van der Waals surface area contributed by atoms with Gasteiger partial charge in [0, 0.05) is 24.2 Å². The van der Waals surface area contributed by atoms with Crippen LogP contribution in [0.25, 0.3) is 10.6 Å². The van der Waals surface area contributed by atoms with Crippen LogP contribution in [-0.2, 0) is 6.54 Å². The first-order valence-corrected chi connectivity index (χ1v) is 11.4. The van der Waals surface area contributed by atoms with E-state index < -0.39 is 0 Å². The first-order valence-electron chi connectivity index (χ1n) is 10.6. The van der Waals surface area contributed by atoms with E-state index in [0.717, 1.165) is 41.8 Å². The molecule has 0 unspecified atom stereocenters. The Morgan fingerprint density at radius 2 is 1.81 bits per heavy atom. The lowest BCUT2D eigenvalue weighted by molar-refractivity contribution is 0.0727. The van der Waals surface area contributed by atoms with E-state index in [1.165, 1.54) is 11.3 Å². The number of hydrogen-bond donors (Lipinski definition) is 2. The van der Waals surface area contributed by atoms with Crippen LogP contribution >= 0.6 is 11.3 Å². The van der Waals surface area contributed by atoms with Gasteiger partial charge >= 0.3 is 0 Å². The van der Waals surface area contributed by atoms with Crippen molar-refractivity contribution in [3.8, 4) is 10.6 Å². The summed E-state index contributed by atoms with van der Waals surface area (Å²) in [6.45, 7) is 0.417. The fraction of sp³-hybridized carbons (Fsp3) is 0.292. The van der Waals surface area contributed by atoms with Crippen molar-refractivity contribution < 1.29 is 9.59 Å². The molecule has 1 aromatic carbocycles. The maximum atomic E-state index is 13.2. The topological polar surface area (TPSA) is 82.3 Å². The van der Waals surface area contributed by atoms with Crippen LogP contribution in [0, 0.1) is 0 Å². The van der Waals surface area contributed by atoms with Crippen molar-refractivity contribution in [2.75, 3.05) is 0 Å². The Balaban J connectivity index is 1.32. The monoisotopic (exact) mass is 433 g/mol. The number of benzene rings is 1. The second-order valence-electron chi connectivity index (χ2n) is 8.20. The van der Waals surface area contributed by atoms with Gasteiger partial charge in [-0.1, -0.05) is 18.2 Å². The minimum Gasteiger partial charge on any atom is -0.349 e. The number of pyridine rings is 1. The fourth-order valence-electron chi connectivity index (χ4n) is 3.58. The first-order chi connectivity index (χ1) is 15.1. The van der Waals surface area contributed by atoms with Crippen molar-refractivity contribution in [1.29, 1.82) is 0 Å². The summed E-state index contributed by atoms with van der Waals surface area (Å²) in [7, 11) is 0. The summed E-state index contributed by atoms with van der Waals surface area (Å²) in [6.07, 6.45) is 3.99. The quantitative estimate of drug-likeness (QED) is 0.595. The Kier molecular flexibility index (Phi) is 5.19. The third-order valence-electron chi connectivity index (χ3n) is 5.66. The third kappa shape index (κ3) is 4.46. The highest BCUT2D eigenvalue weighted by Gasteiger charge is 2.34. The van der Waals surface area contributed by atoms with Crippen molar-refractivity contribution in [2.45, 2.75) is 44.3 Å². The number of hydrogen-bond acceptors (Lipinski definition) is 4. The number of amides is 2. The molecule has 2 N–H and O–H groups in total. The molecule has 2 fully saturated rings. The number of thiophene rings is 1. The summed E-state index contributed by atoms with van der Waals surface area (Å²) in [5.41, 5.74) is 2.08. The van der Waals surface area contributed by atoms with E-state index in [-0.39, 0.29) is 29.0 Å². The summed E-state index contributed by atoms with van der Waals surface area (Å²) >= 11 is 1.54. The van der Waals surface area contributed by atoms with Crippen LogP contribution in [0.5, 0.6) is 0 Å². The molecule has 0 radical (unpaired) electrons. The second kappa shape index (κ2) is 8.15. The van der Waals surface area contributed by atoms with Crippen molar-refractivity contribution >= 4 is 23.2 Å². The van der Waals surface area contributed by atoms with Gasteiger partial charge in [0.1, 0.15) is 5.56 Å². The summed E-state index contributed by atoms with van der Waals surface area (Å²) in [5.74, 6) is -0.307. The van der Waals surface area contributed by atoms with Gasteiger partial charge in [-0.3, -0.25) is 14.4 Å². The maximum Gasteiger partial charge on any atom is 0.261 e. The molecule has 7 heteroatoms.